The summed E-state index contributed by atoms with van der Waals surface area (Å²) >= 11 is 6.48. The monoisotopic (exact) mass is 414 g/mol. The highest BCUT2D eigenvalue weighted by Crippen LogP contribution is 2.41. The third-order valence-corrected chi connectivity index (χ3v) is 6.18. The second-order valence-corrected chi connectivity index (χ2v) is 8.97. The van der Waals surface area contributed by atoms with Crippen molar-refractivity contribution in [3.63, 3.8) is 0 Å². The fourth-order valence-electron chi connectivity index (χ4n) is 3.60. The molecule has 9 heteroatoms. The van der Waals surface area contributed by atoms with Crippen molar-refractivity contribution in [1.82, 2.24) is 4.98 Å². The van der Waals surface area contributed by atoms with Gasteiger partial charge >= 0.3 is 7.60 Å². The number of pyridine rings is 1. The van der Waals surface area contributed by atoms with Crippen LogP contribution in [0, 0.1) is 5.92 Å². The number of methoxy groups -OCH3 is 2. The van der Waals surface area contributed by atoms with Crippen LogP contribution in [0.25, 0.3) is 10.9 Å². The van der Waals surface area contributed by atoms with E-state index in [2.05, 4.69) is 9.88 Å². The molecule has 1 aromatic heterocycles. The second-order valence-electron chi connectivity index (χ2n) is 6.79. The number of nitrogens with zero attached hydrogens (tertiary/aromatic N) is 2. The van der Waals surface area contributed by atoms with Crippen LogP contribution < -0.4 is 14.4 Å². The summed E-state index contributed by atoms with van der Waals surface area (Å²) in [5, 5.41) is 1.47. The highest BCUT2D eigenvalue weighted by Gasteiger charge is 2.25. The van der Waals surface area contributed by atoms with Gasteiger partial charge in [-0.3, -0.25) is 9.55 Å². The Hall–Kier alpha value is -1.53. The van der Waals surface area contributed by atoms with Gasteiger partial charge in [-0.15, -0.1) is 0 Å². The lowest BCUT2D eigenvalue weighted by molar-refractivity contribution is 0.350. The molecule has 7 nitrogen and oxygen atoms in total. The third-order valence-electron chi connectivity index (χ3n) is 5.06. The molecular formula is C18H24ClN2O5P. The second kappa shape index (κ2) is 8.23. The Morgan fingerprint density at radius 1 is 1.22 bits per heavy atom. The zero-order valence-electron chi connectivity index (χ0n) is 15.4. The minimum absolute atomic E-state index is 0.0480. The summed E-state index contributed by atoms with van der Waals surface area (Å²) in [6.45, 7) is 1.55. The summed E-state index contributed by atoms with van der Waals surface area (Å²) in [4.78, 5) is 24.8. The molecule has 1 fully saturated rings. The van der Waals surface area contributed by atoms with Crippen LogP contribution in [-0.4, -0.2) is 48.2 Å². The average molecular weight is 415 g/mol. The van der Waals surface area contributed by atoms with Gasteiger partial charge in [-0.25, -0.2) is 0 Å². The Morgan fingerprint density at radius 2 is 1.85 bits per heavy atom. The molecule has 1 aromatic carbocycles. The van der Waals surface area contributed by atoms with E-state index >= 15 is 0 Å². The molecule has 0 unspecified atom stereocenters. The zero-order chi connectivity index (χ0) is 19.6. The number of ether oxygens (including phenoxy) is 2. The molecule has 2 heterocycles. The highest BCUT2D eigenvalue weighted by atomic mass is 35.5. The van der Waals surface area contributed by atoms with Crippen LogP contribution >= 0.6 is 19.2 Å². The van der Waals surface area contributed by atoms with Gasteiger partial charge in [-0.1, -0.05) is 11.6 Å². The largest absolute Gasteiger partial charge is 0.493 e. The molecule has 1 aliphatic heterocycles. The molecule has 0 radical (unpaired) electrons. The minimum atomic E-state index is -3.93. The van der Waals surface area contributed by atoms with Crippen LogP contribution in [0.5, 0.6) is 11.5 Å². The Morgan fingerprint density at radius 3 is 2.44 bits per heavy atom. The number of benzene rings is 1. The number of aromatic nitrogens is 1. The molecule has 2 aromatic rings. The van der Waals surface area contributed by atoms with Crippen molar-refractivity contribution >= 4 is 35.8 Å². The van der Waals surface area contributed by atoms with Crippen molar-refractivity contribution in [2.75, 3.05) is 38.4 Å². The van der Waals surface area contributed by atoms with E-state index < -0.39 is 7.60 Å². The first kappa shape index (κ1) is 20.2. The zero-order valence-corrected chi connectivity index (χ0v) is 17.0. The topological polar surface area (TPSA) is 92.1 Å². The molecule has 1 aliphatic rings. The van der Waals surface area contributed by atoms with Crippen molar-refractivity contribution in [1.29, 1.82) is 0 Å². The Balaban J connectivity index is 1.84. The van der Waals surface area contributed by atoms with Gasteiger partial charge in [0.1, 0.15) is 0 Å². The van der Waals surface area contributed by atoms with Crippen molar-refractivity contribution in [3.05, 3.63) is 23.4 Å². The third kappa shape index (κ3) is 4.66. The lowest BCUT2D eigenvalue weighted by Crippen LogP contribution is -2.34. The van der Waals surface area contributed by atoms with Crippen LogP contribution in [0.4, 0.5) is 5.69 Å². The van der Waals surface area contributed by atoms with Crippen LogP contribution in [0.2, 0.25) is 5.02 Å². The number of hydrogen-bond donors (Lipinski definition) is 2. The standard InChI is InChI=1S/C18H24ClN2O5P/c1-25-16-9-13-15(10-17(16)26-2)20-11-14(19)18(13)21-6-3-12(4-7-21)5-8-27(22,23)24/h9-12H,3-8H2,1-2H3,(H2,22,23,24). The molecular weight excluding hydrogens is 391 g/mol. The quantitative estimate of drug-likeness (QED) is 0.696. The molecule has 0 saturated carbocycles. The van der Waals surface area contributed by atoms with Gasteiger partial charge in [-0.2, -0.15) is 0 Å². The van der Waals surface area contributed by atoms with E-state index in [0.29, 0.717) is 28.9 Å². The predicted octanol–water partition coefficient (Wildman–Crippen LogP) is 3.69. The molecule has 148 valence electrons. The van der Waals surface area contributed by atoms with E-state index in [1.165, 1.54) is 0 Å². The summed E-state index contributed by atoms with van der Waals surface area (Å²) in [6, 6.07) is 3.73. The molecule has 0 bridgehead atoms. The summed E-state index contributed by atoms with van der Waals surface area (Å²) in [7, 11) is -0.754. The number of rotatable bonds is 6. The molecule has 0 spiro atoms. The summed E-state index contributed by atoms with van der Waals surface area (Å²) in [5.41, 5.74) is 1.69. The van der Waals surface area contributed by atoms with Gasteiger partial charge in [0.25, 0.3) is 0 Å². The van der Waals surface area contributed by atoms with Crippen LogP contribution in [0.1, 0.15) is 19.3 Å². The number of piperidine rings is 1. The van der Waals surface area contributed by atoms with Crippen molar-refractivity contribution in [2.24, 2.45) is 5.92 Å². The normalized spacial score (nSPS) is 16.0. The summed E-state index contributed by atoms with van der Waals surface area (Å²) in [6.07, 6.45) is 3.88. The fraction of sp³-hybridized carbons (Fsp3) is 0.500. The van der Waals surface area contributed by atoms with E-state index in [0.717, 1.165) is 42.5 Å². The first-order valence-electron chi connectivity index (χ1n) is 8.82. The number of fused-ring (bicyclic) bond motifs is 1. The average Bonchev–Trinajstić information content (AvgIpc) is 2.65. The Kier molecular flexibility index (Phi) is 6.16. The summed E-state index contributed by atoms with van der Waals surface area (Å²) in [5.74, 6) is 1.55. The summed E-state index contributed by atoms with van der Waals surface area (Å²) < 4.78 is 21.9. The Bertz CT molecular complexity index is 864. The van der Waals surface area contributed by atoms with E-state index in [1.807, 2.05) is 12.1 Å². The molecule has 0 amide bonds. The van der Waals surface area contributed by atoms with Gasteiger partial charge in [0.15, 0.2) is 11.5 Å². The van der Waals surface area contributed by atoms with Crippen molar-refractivity contribution in [2.45, 2.75) is 19.3 Å². The Labute approximate surface area is 163 Å². The number of hydrogen-bond acceptors (Lipinski definition) is 5. The first-order chi connectivity index (χ1) is 12.8. The van der Waals surface area contributed by atoms with E-state index in [9.17, 15) is 4.57 Å². The van der Waals surface area contributed by atoms with Crippen molar-refractivity contribution in [3.8, 4) is 11.5 Å². The predicted molar refractivity (Wildman–Crippen MR) is 106 cm³/mol. The van der Waals surface area contributed by atoms with Gasteiger partial charge in [0.05, 0.1) is 36.6 Å². The highest BCUT2D eigenvalue weighted by molar-refractivity contribution is 7.51. The van der Waals surface area contributed by atoms with Crippen molar-refractivity contribution < 1.29 is 23.8 Å². The van der Waals surface area contributed by atoms with Crippen LogP contribution in [0.3, 0.4) is 0 Å². The van der Waals surface area contributed by atoms with Gasteiger partial charge in [-0.05, 0) is 31.2 Å². The molecule has 0 aliphatic carbocycles. The molecule has 3 rings (SSSR count). The molecule has 0 atom stereocenters. The van der Waals surface area contributed by atoms with Crippen LogP contribution in [0.15, 0.2) is 18.3 Å². The first-order valence-corrected chi connectivity index (χ1v) is 11.0. The van der Waals surface area contributed by atoms with Crippen LogP contribution in [-0.2, 0) is 4.57 Å². The maximum absolute atomic E-state index is 11.1. The fourth-order valence-corrected chi connectivity index (χ4v) is 4.57. The molecule has 1 saturated heterocycles. The smallest absolute Gasteiger partial charge is 0.325 e. The SMILES string of the molecule is COc1cc2ncc(Cl)c(N3CCC(CCP(=O)(O)O)CC3)c2cc1OC. The number of anilines is 1. The van der Waals surface area contributed by atoms with Gasteiger partial charge in [0.2, 0.25) is 0 Å². The maximum atomic E-state index is 11.1. The molecule has 2 N–H and O–H groups in total. The van der Waals surface area contributed by atoms with Gasteiger partial charge in [0, 0.05) is 30.7 Å². The maximum Gasteiger partial charge on any atom is 0.325 e. The van der Waals surface area contributed by atoms with E-state index in [4.69, 9.17) is 30.9 Å². The van der Waals surface area contributed by atoms with E-state index in [1.54, 1.807) is 20.4 Å². The molecule has 27 heavy (non-hydrogen) atoms. The van der Waals surface area contributed by atoms with E-state index in [-0.39, 0.29) is 6.16 Å². The number of halogens is 1. The lowest BCUT2D eigenvalue weighted by Gasteiger charge is -2.34. The minimum Gasteiger partial charge on any atom is -0.493 e. The lowest BCUT2D eigenvalue weighted by atomic mass is 9.94. The van der Waals surface area contributed by atoms with Gasteiger partial charge < -0.3 is 24.2 Å².